The predicted molar refractivity (Wildman–Crippen MR) is 78.6 cm³/mol. The second kappa shape index (κ2) is 5.90. The lowest BCUT2D eigenvalue weighted by Crippen LogP contribution is -2.31. The lowest BCUT2D eigenvalue weighted by Gasteiger charge is -2.21. The summed E-state index contributed by atoms with van der Waals surface area (Å²) in [6.07, 6.45) is 4.04. The van der Waals surface area contributed by atoms with Crippen LogP contribution in [0.1, 0.15) is 24.8 Å². The Morgan fingerprint density at radius 1 is 1.16 bits per heavy atom. The van der Waals surface area contributed by atoms with E-state index in [1.165, 1.54) is 37.9 Å². The van der Waals surface area contributed by atoms with Gasteiger partial charge in [0.05, 0.1) is 4.47 Å². The molecule has 1 saturated carbocycles. The molecular weight excluding hydrogens is 307 g/mol. The Morgan fingerprint density at radius 2 is 2.00 bits per heavy atom. The van der Waals surface area contributed by atoms with Crippen LogP contribution in [0.3, 0.4) is 0 Å². The SMILES string of the molecule is Fc1ccc(CN2CCCN(C3CC3)CC2)cc1Br. The molecule has 104 valence electrons. The van der Waals surface area contributed by atoms with Gasteiger partial charge in [-0.2, -0.15) is 0 Å². The molecular formula is C15H20BrFN2. The van der Waals surface area contributed by atoms with E-state index >= 15 is 0 Å². The first-order valence-corrected chi connectivity index (χ1v) is 7.92. The van der Waals surface area contributed by atoms with Crippen molar-refractivity contribution in [2.75, 3.05) is 26.2 Å². The van der Waals surface area contributed by atoms with Crippen LogP contribution in [0, 0.1) is 5.82 Å². The molecule has 2 aliphatic rings. The monoisotopic (exact) mass is 326 g/mol. The van der Waals surface area contributed by atoms with Crippen LogP contribution in [0.25, 0.3) is 0 Å². The van der Waals surface area contributed by atoms with Gasteiger partial charge in [0.2, 0.25) is 0 Å². The normalized spacial score (nSPS) is 22.4. The molecule has 0 bridgehead atoms. The summed E-state index contributed by atoms with van der Waals surface area (Å²) in [6, 6.07) is 6.22. The first kappa shape index (κ1) is 13.5. The molecule has 0 amide bonds. The standard InChI is InChI=1S/C15H20BrFN2/c16-14-10-12(2-5-15(14)17)11-18-6-1-7-19(9-8-18)13-3-4-13/h2,5,10,13H,1,3-4,6-9,11H2. The average molecular weight is 327 g/mol. The minimum absolute atomic E-state index is 0.181. The first-order valence-electron chi connectivity index (χ1n) is 7.13. The average Bonchev–Trinajstić information content (AvgIpc) is 3.20. The van der Waals surface area contributed by atoms with Gasteiger partial charge in [0, 0.05) is 25.7 Å². The lowest BCUT2D eigenvalue weighted by atomic mass is 10.2. The van der Waals surface area contributed by atoms with E-state index in [9.17, 15) is 4.39 Å². The molecule has 1 aliphatic heterocycles. The minimum atomic E-state index is -0.181. The van der Waals surface area contributed by atoms with Crippen molar-refractivity contribution in [2.24, 2.45) is 0 Å². The largest absolute Gasteiger partial charge is 0.299 e. The summed E-state index contributed by atoms with van der Waals surface area (Å²) in [5.41, 5.74) is 1.19. The summed E-state index contributed by atoms with van der Waals surface area (Å²) in [5.74, 6) is -0.181. The molecule has 1 aliphatic carbocycles. The Balaban J connectivity index is 1.58. The van der Waals surface area contributed by atoms with Crippen molar-refractivity contribution in [2.45, 2.75) is 31.8 Å². The number of nitrogens with zero attached hydrogens (tertiary/aromatic N) is 2. The van der Waals surface area contributed by atoms with Gasteiger partial charge < -0.3 is 0 Å². The molecule has 0 unspecified atom stereocenters. The predicted octanol–water partition coefficient (Wildman–Crippen LogP) is 3.26. The van der Waals surface area contributed by atoms with Crippen LogP contribution in [-0.4, -0.2) is 42.0 Å². The Kier molecular flexibility index (Phi) is 4.20. The van der Waals surface area contributed by atoms with Crippen LogP contribution >= 0.6 is 15.9 Å². The highest BCUT2D eigenvalue weighted by atomic mass is 79.9. The van der Waals surface area contributed by atoms with Gasteiger partial charge in [-0.05, 0) is 66.0 Å². The van der Waals surface area contributed by atoms with Gasteiger partial charge in [-0.1, -0.05) is 6.07 Å². The van der Waals surface area contributed by atoms with Gasteiger partial charge in [-0.25, -0.2) is 4.39 Å². The molecule has 0 radical (unpaired) electrons. The highest BCUT2D eigenvalue weighted by Crippen LogP contribution is 2.27. The van der Waals surface area contributed by atoms with Crippen molar-refractivity contribution >= 4 is 15.9 Å². The summed E-state index contributed by atoms with van der Waals surface area (Å²) in [5, 5.41) is 0. The molecule has 1 saturated heterocycles. The van der Waals surface area contributed by atoms with Gasteiger partial charge in [0.15, 0.2) is 0 Å². The number of hydrogen-bond acceptors (Lipinski definition) is 2. The van der Waals surface area contributed by atoms with Crippen molar-refractivity contribution in [1.29, 1.82) is 0 Å². The van der Waals surface area contributed by atoms with E-state index in [2.05, 4.69) is 25.7 Å². The molecule has 0 aromatic heterocycles. The second-order valence-corrected chi connectivity index (χ2v) is 6.50. The third kappa shape index (κ3) is 3.56. The molecule has 1 aromatic carbocycles. The summed E-state index contributed by atoms with van der Waals surface area (Å²) in [6.45, 7) is 5.64. The lowest BCUT2D eigenvalue weighted by molar-refractivity contribution is 0.246. The Hall–Kier alpha value is -0.450. The zero-order chi connectivity index (χ0) is 13.2. The fourth-order valence-electron chi connectivity index (χ4n) is 2.85. The maximum atomic E-state index is 13.2. The van der Waals surface area contributed by atoms with Crippen molar-refractivity contribution in [3.8, 4) is 0 Å². The van der Waals surface area contributed by atoms with E-state index < -0.39 is 0 Å². The van der Waals surface area contributed by atoms with E-state index in [1.807, 2.05) is 12.1 Å². The zero-order valence-electron chi connectivity index (χ0n) is 11.1. The Labute approximate surface area is 122 Å². The van der Waals surface area contributed by atoms with Crippen molar-refractivity contribution in [1.82, 2.24) is 9.80 Å². The molecule has 1 aromatic rings. The van der Waals surface area contributed by atoms with Crippen molar-refractivity contribution in [3.63, 3.8) is 0 Å². The Morgan fingerprint density at radius 3 is 2.74 bits per heavy atom. The number of rotatable bonds is 3. The molecule has 1 heterocycles. The van der Waals surface area contributed by atoms with Crippen molar-refractivity contribution in [3.05, 3.63) is 34.1 Å². The van der Waals surface area contributed by atoms with Gasteiger partial charge >= 0.3 is 0 Å². The van der Waals surface area contributed by atoms with Gasteiger partial charge in [0.1, 0.15) is 5.82 Å². The smallest absolute Gasteiger partial charge is 0.137 e. The maximum Gasteiger partial charge on any atom is 0.137 e. The first-order chi connectivity index (χ1) is 9.22. The van der Waals surface area contributed by atoms with Crippen LogP contribution < -0.4 is 0 Å². The fourth-order valence-corrected chi connectivity index (χ4v) is 3.28. The highest BCUT2D eigenvalue weighted by Gasteiger charge is 2.29. The summed E-state index contributed by atoms with van der Waals surface area (Å²) >= 11 is 3.26. The zero-order valence-corrected chi connectivity index (χ0v) is 12.7. The van der Waals surface area contributed by atoms with E-state index in [4.69, 9.17) is 0 Å². The molecule has 19 heavy (non-hydrogen) atoms. The quantitative estimate of drug-likeness (QED) is 0.841. The number of benzene rings is 1. The van der Waals surface area contributed by atoms with Gasteiger partial charge in [0.25, 0.3) is 0 Å². The van der Waals surface area contributed by atoms with Crippen LogP contribution in [0.2, 0.25) is 0 Å². The molecule has 2 fully saturated rings. The number of hydrogen-bond donors (Lipinski definition) is 0. The third-order valence-electron chi connectivity index (χ3n) is 4.08. The van der Waals surface area contributed by atoms with E-state index in [1.54, 1.807) is 6.07 Å². The summed E-state index contributed by atoms with van der Waals surface area (Å²) in [4.78, 5) is 5.13. The molecule has 3 rings (SSSR count). The summed E-state index contributed by atoms with van der Waals surface area (Å²) in [7, 11) is 0. The second-order valence-electron chi connectivity index (χ2n) is 5.65. The van der Waals surface area contributed by atoms with E-state index in [0.717, 1.165) is 25.7 Å². The van der Waals surface area contributed by atoms with E-state index in [0.29, 0.717) is 4.47 Å². The molecule has 0 spiro atoms. The summed E-state index contributed by atoms with van der Waals surface area (Å²) < 4.78 is 13.8. The van der Waals surface area contributed by atoms with Gasteiger partial charge in [-0.3, -0.25) is 9.80 Å². The van der Waals surface area contributed by atoms with Gasteiger partial charge in [-0.15, -0.1) is 0 Å². The van der Waals surface area contributed by atoms with Crippen LogP contribution in [0.15, 0.2) is 22.7 Å². The van der Waals surface area contributed by atoms with Crippen molar-refractivity contribution < 1.29 is 4.39 Å². The van der Waals surface area contributed by atoms with E-state index in [-0.39, 0.29) is 5.82 Å². The number of halogens is 2. The molecule has 4 heteroatoms. The third-order valence-corrected chi connectivity index (χ3v) is 4.68. The highest BCUT2D eigenvalue weighted by molar-refractivity contribution is 9.10. The minimum Gasteiger partial charge on any atom is -0.299 e. The topological polar surface area (TPSA) is 6.48 Å². The molecule has 0 N–H and O–H groups in total. The fraction of sp³-hybridized carbons (Fsp3) is 0.600. The Bertz CT molecular complexity index is 448. The van der Waals surface area contributed by atoms with Crippen LogP contribution in [0.5, 0.6) is 0 Å². The van der Waals surface area contributed by atoms with Crippen LogP contribution in [0.4, 0.5) is 4.39 Å². The molecule has 0 atom stereocenters. The maximum absolute atomic E-state index is 13.2. The van der Waals surface area contributed by atoms with Crippen LogP contribution in [-0.2, 0) is 6.54 Å². The molecule has 2 nitrogen and oxygen atoms in total.